The maximum absolute atomic E-state index is 5.38. The van der Waals surface area contributed by atoms with E-state index >= 15 is 0 Å². The molecule has 1 aliphatic rings. The molecule has 1 rings (SSSR count). The zero-order valence-electron chi connectivity index (χ0n) is 13.0. The fourth-order valence-corrected chi connectivity index (χ4v) is 2.10. The number of nitrogens with one attached hydrogen (secondary N) is 2. The lowest BCUT2D eigenvalue weighted by molar-refractivity contribution is 0.0268. The normalized spacial score (nSPS) is 18.4. The van der Waals surface area contributed by atoms with Gasteiger partial charge in [-0.2, -0.15) is 0 Å². The van der Waals surface area contributed by atoms with Gasteiger partial charge in [0.1, 0.15) is 0 Å². The predicted molar refractivity (Wildman–Crippen MR) is 80.7 cm³/mol. The van der Waals surface area contributed by atoms with E-state index in [1.54, 1.807) is 14.2 Å². The summed E-state index contributed by atoms with van der Waals surface area (Å²) >= 11 is 0. The molecule has 1 fully saturated rings. The second-order valence-corrected chi connectivity index (χ2v) is 5.72. The summed E-state index contributed by atoms with van der Waals surface area (Å²) in [6.07, 6.45) is 4.07. The van der Waals surface area contributed by atoms with Gasteiger partial charge in [-0.25, -0.2) is 0 Å². The highest BCUT2D eigenvalue weighted by Gasteiger charge is 2.16. The monoisotopic (exact) mass is 270 g/mol. The molecule has 2 N–H and O–H groups in total. The standard InChI is InChI=1S/C14H30N4O/c1-14(2,19-4)12-17-13(15-3)16-8-11-18-9-6-5-7-10-18/h5-12H2,1-4H3,(H2,15,16,17). The number of aliphatic imine (C=N–C) groups is 1. The Balaban J connectivity index is 2.18. The van der Waals surface area contributed by atoms with Crippen LogP contribution < -0.4 is 10.6 Å². The van der Waals surface area contributed by atoms with Gasteiger partial charge in [0.25, 0.3) is 0 Å². The molecule has 0 saturated carbocycles. The molecule has 0 radical (unpaired) electrons. The first kappa shape index (κ1) is 16.2. The molecule has 0 amide bonds. The molecule has 0 atom stereocenters. The molecule has 0 spiro atoms. The number of ether oxygens (including phenoxy) is 1. The summed E-state index contributed by atoms with van der Waals surface area (Å²) in [7, 11) is 3.53. The highest BCUT2D eigenvalue weighted by atomic mass is 16.5. The third-order valence-electron chi connectivity index (χ3n) is 3.63. The summed E-state index contributed by atoms with van der Waals surface area (Å²) in [4.78, 5) is 6.75. The SMILES string of the molecule is CN=C(NCCN1CCCCC1)NCC(C)(C)OC. The molecule has 0 unspecified atom stereocenters. The van der Waals surface area contributed by atoms with Gasteiger partial charge in [0, 0.05) is 33.8 Å². The number of hydrogen-bond donors (Lipinski definition) is 2. The number of rotatable bonds is 6. The van der Waals surface area contributed by atoms with Crippen molar-refractivity contribution in [3.05, 3.63) is 0 Å². The lowest BCUT2D eigenvalue weighted by atomic mass is 10.1. The van der Waals surface area contributed by atoms with Crippen LogP contribution in [0.25, 0.3) is 0 Å². The van der Waals surface area contributed by atoms with Gasteiger partial charge in [-0.05, 0) is 39.8 Å². The molecule has 1 heterocycles. The first-order chi connectivity index (χ1) is 9.07. The number of piperidine rings is 1. The Hall–Kier alpha value is -0.810. The van der Waals surface area contributed by atoms with Crippen molar-refractivity contribution < 1.29 is 4.74 Å². The van der Waals surface area contributed by atoms with Crippen LogP contribution >= 0.6 is 0 Å². The van der Waals surface area contributed by atoms with E-state index in [9.17, 15) is 0 Å². The average molecular weight is 270 g/mol. The van der Waals surface area contributed by atoms with Crippen molar-refractivity contribution in [3.8, 4) is 0 Å². The van der Waals surface area contributed by atoms with Crippen LogP contribution in [0.3, 0.4) is 0 Å². The molecule has 0 aromatic heterocycles. The van der Waals surface area contributed by atoms with Crippen LogP contribution in [0.1, 0.15) is 33.1 Å². The quantitative estimate of drug-likeness (QED) is 0.560. The van der Waals surface area contributed by atoms with Crippen molar-refractivity contribution >= 4 is 5.96 Å². The molecule has 1 aliphatic heterocycles. The lowest BCUT2D eigenvalue weighted by Crippen LogP contribution is -2.47. The van der Waals surface area contributed by atoms with E-state index in [2.05, 4.69) is 34.4 Å². The summed E-state index contributed by atoms with van der Waals surface area (Å²) in [6, 6.07) is 0. The van der Waals surface area contributed by atoms with Gasteiger partial charge in [0.05, 0.1) is 5.60 Å². The van der Waals surface area contributed by atoms with Gasteiger partial charge in [-0.1, -0.05) is 6.42 Å². The van der Waals surface area contributed by atoms with Crippen molar-refractivity contribution in [3.63, 3.8) is 0 Å². The molecule has 1 saturated heterocycles. The third-order valence-corrected chi connectivity index (χ3v) is 3.63. The second kappa shape index (κ2) is 8.38. The number of nitrogens with zero attached hydrogens (tertiary/aromatic N) is 2. The molecule has 0 aromatic carbocycles. The van der Waals surface area contributed by atoms with E-state index in [0.29, 0.717) is 0 Å². The maximum Gasteiger partial charge on any atom is 0.191 e. The lowest BCUT2D eigenvalue weighted by Gasteiger charge is -2.27. The van der Waals surface area contributed by atoms with Gasteiger partial charge in [0.15, 0.2) is 5.96 Å². The van der Waals surface area contributed by atoms with E-state index in [1.165, 1.54) is 32.4 Å². The first-order valence-corrected chi connectivity index (χ1v) is 7.29. The zero-order valence-corrected chi connectivity index (χ0v) is 13.0. The van der Waals surface area contributed by atoms with E-state index in [-0.39, 0.29) is 5.60 Å². The highest BCUT2D eigenvalue weighted by Crippen LogP contribution is 2.07. The van der Waals surface area contributed by atoms with Crippen LogP contribution in [0.2, 0.25) is 0 Å². The van der Waals surface area contributed by atoms with Crippen molar-refractivity contribution in [2.45, 2.75) is 38.7 Å². The molecule has 0 bridgehead atoms. The third kappa shape index (κ3) is 6.78. The number of guanidine groups is 1. The van der Waals surface area contributed by atoms with Crippen LogP contribution in [0.15, 0.2) is 4.99 Å². The second-order valence-electron chi connectivity index (χ2n) is 5.72. The molecule has 5 heteroatoms. The molecular weight excluding hydrogens is 240 g/mol. The minimum absolute atomic E-state index is 0.176. The first-order valence-electron chi connectivity index (χ1n) is 7.29. The largest absolute Gasteiger partial charge is 0.377 e. The summed E-state index contributed by atoms with van der Waals surface area (Å²) in [5.41, 5.74) is -0.176. The Morgan fingerprint density at radius 3 is 2.47 bits per heavy atom. The molecule has 0 aromatic rings. The Morgan fingerprint density at radius 2 is 1.89 bits per heavy atom. The molecule has 112 valence electrons. The van der Waals surface area contributed by atoms with Crippen LogP contribution in [0.4, 0.5) is 0 Å². The summed E-state index contributed by atoms with van der Waals surface area (Å²) in [6.45, 7) is 9.37. The smallest absolute Gasteiger partial charge is 0.191 e. The van der Waals surface area contributed by atoms with E-state index in [4.69, 9.17) is 4.74 Å². The number of likely N-dealkylation sites (tertiary alicyclic amines) is 1. The summed E-state index contributed by atoms with van der Waals surface area (Å²) < 4.78 is 5.38. The molecule has 5 nitrogen and oxygen atoms in total. The number of hydrogen-bond acceptors (Lipinski definition) is 3. The minimum atomic E-state index is -0.176. The summed E-state index contributed by atoms with van der Waals surface area (Å²) in [5.74, 6) is 0.849. The van der Waals surface area contributed by atoms with Crippen molar-refractivity contribution in [2.24, 2.45) is 4.99 Å². The Kier molecular flexibility index (Phi) is 7.16. The van der Waals surface area contributed by atoms with Crippen LogP contribution in [-0.2, 0) is 4.74 Å². The molecule has 19 heavy (non-hydrogen) atoms. The van der Waals surface area contributed by atoms with Gasteiger partial charge in [-0.15, -0.1) is 0 Å². The predicted octanol–water partition coefficient (Wildman–Crippen LogP) is 1.06. The van der Waals surface area contributed by atoms with Gasteiger partial charge < -0.3 is 20.3 Å². The average Bonchev–Trinajstić information content (AvgIpc) is 2.43. The maximum atomic E-state index is 5.38. The topological polar surface area (TPSA) is 48.9 Å². The highest BCUT2D eigenvalue weighted by molar-refractivity contribution is 5.79. The Labute approximate surface area is 117 Å². The minimum Gasteiger partial charge on any atom is -0.377 e. The van der Waals surface area contributed by atoms with Crippen molar-refractivity contribution in [2.75, 3.05) is 46.9 Å². The van der Waals surface area contributed by atoms with E-state index in [0.717, 1.165) is 25.6 Å². The summed E-state index contributed by atoms with van der Waals surface area (Å²) in [5, 5.41) is 6.65. The number of methoxy groups -OCH3 is 1. The Bertz CT molecular complexity index is 273. The van der Waals surface area contributed by atoms with Crippen LogP contribution in [0, 0.1) is 0 Å². The van der Waals surface area contributed by atoms with Gasteiger partial charge in [0.2, 0.25) is 0 Å². The van der Waals surface area contributed by atoms with Gasteiger partial charge in [-0.3, -0.25) is 4.99 Å². The van der Waals surface area contributed by atoms with Crippen LogP contribution in [0.5, 0.6) is 0 Å². The Morgan fingerprint density at radius 1 is 1.21 bits per heavy atom. The van der Waals surface area contributed by atoms with Crippen LogP contribution in [-0.4, -0.2) is 63.3 Å². The van der Waals surface area contributed by atoms with E-state index in [1.807, 2.05) is 0 Å². The van der Waals surface area contributed by atoms with Crippen molar-refractivity contribution in [1.29, 1.82) is 0 Å². The zero-order chi connectivity index (χ0) is 14.1. The van der Waals surface area contributed by atoms with E-state index < -0.39 is 0 Å². The fourth-order valence-electron chi connectivity index (χ4n) is 2.10. The van der Waals surface area contributed by atoms with Gasteiger partial charge >= 0.3 is 0 Å². The fraction of sp³-hybridized carbons (Fsp3) is 0.929. The molecular formula is C14H30N4O. The van der Waals surface area contributed by atoms with Crippen molar-refractivity contribution in [1.82, 2.24) is 15.5 Å². The molecule has 0 aliphatic carbocycles.